The Bertz CT molecular complexity index is 1010. The highest BCUT2D eigenvalue weighted by atomic mass is 16.4. The van der Waals surface area contributed by atoms with E-state index in [2.05, 4.69) is 0 Å². The molecule has 0 bridgehead atoms. The van der Waals surface area contributed by atoms with Gasteiger partial charge in [-0.25, -0.2) is 9.59 Å². The molecule has 1 N–H and O–H groups in total. The summed E-state index contributed by atoms with van der Waals surface area (Å²) >= 11 is 0. The van der Waals surface area contributed by atoms with Gasteiger partial charge in [0.15, 0.2) is 6.04 Å². The largest absolute Gasteiger partial charge is 0.479 e. The van der Waals surface area contributed by atoms with Crippen LogP contribution >= 0.6 is 0 Å². The van der Waals surface area contributed by atoms with Gasteiger partial charge in [-0.05, 0) is 5.56 Å². The molecule has 0 amide bonds. The molecule has 2 heterocycles. The Hall–Kier alpha value is -3.09. The Kier molecular flexibility index (Phi) is 3.40. The molecule has 3 rings (SSSR count). The number of nitrogens with zero attached hydrogens (tertiary/aromatic N) is 3. The van der Waals surface area contributed by atoms with Crippen molar-refractivity contribution >= 4 is 16.9 Å². The zero-order chi connectivity index (χ0) is 16.7. The lowest BCUT2D eigenvalue weighted by Gasteiger charge is -2.14. The number of hydrogen-bond donors (Lipinski definition) is 1. The molecule has 1 aromatic carbocycles. The van der Waals surface area contributed by atoms with Crippen LogP contribution in [0.5, 0.6) is 0 Å². The fourth-order valence-corrected chi connectivity index (χ4v) is 2.72. The Morgan fingerprint density at radius 3 is 2.30 bits per heavy atom. The highest BCUT2D eigenvalue weighted by Crippen LogP contribution is 2.21. The van der Waals surface area contributed by atoms with E-state index in [1.165, 1.54) is 28.6 Å². The number of benzene rings is 1. The number of carboxylic acids is 1. The van der Waals surface area contributed by atoms with Crippen LogP contribution in [0.4, 0.5) is 0 Å². The first kappa shape index (κ1) is 14.8. The van der Waals surface area contributed by atoms with Crippen molar-refractivity contribution in [3.8, 4) is 0 Å². The highest BCUT2D eigenvalue weighted by Gasteiger charge is 2.23. The van der Waals surface area contributed by atoms with Gasteiger partial charge >= 0.3 is 11.7 Å². The molecule has 2 aromatic heterocycles. The van der Waals surface area contributed by atoms with Crippen molar-refractivity contribution in [3.63, 3.8) is 0 Å². The van der Waals surface area contributed by atoms with Crippen molar-refractivity contribution in [3.05, 3.63) is 69.1 Å². The number of rotatable bonds is 3. The van der Waals surface area contributed by atoms with E-state index >= 15 is 0 Å². The molecule has 118 valence electrons. The SMILES string of the molecule is Cn1c(=O)c2cn(C(C(=O)O)c3ccccc3)cc2n(C)c1=O. The molecular formula is C16H15N3O4. The second-order valence-corrected chi connectivity index (χ2v) is 5.36. The fraction of sp³-hybridized carbons (Fsp3) is 0.188. The fourth-order valence-electron chi connectivity index (χ4n) is 2.72. The third kappa shape index (κ3) is 2.26. The van der Waals surface area contributed by atoms with Crippen LogP contribution in [0.3, 0.4) is 0 Å². The van der Waals surface area contributed by atoms with Crippen molar-refractivity contribution in [2.24, 2.45) is 14.1 Å². The van der Waals surface area contributed by atoms with Crippen molar-refractivity contribution in [1.82, 2.24) is 13.7 Å². The molecule has 7 heteroatoms. The maximum absolute atomic E-state index is 12.2. The molecule has 0 saturated heterocycles. The smallest absolute Gasteiger partial charge is 0.331 e. The molecule has 3 aromatic rings. The van der Waals surface area contributed by atoms with Crippen molar-refractivity contribution in [1.29, 1.82) is 0 Å². The van der Waals surface area contributed by atoms with Gasteiger partial charge in [-0.2, -0.15) is 0 Å². The molecular weight excluding hydrogens is 298 g/mol. The zero-order valence-corrected chi connectivity index (χ0v) is 12.6. The maximum atomic E-state index is 12.2. The van der Waals surface area contributed by atoms with Gasteiger partial charge in [-0.1, -0.05) is 30.3 Å². The van der Waals surface area contributed by atoms with Crippen LogP contribution in [-0.2, 0) is 18.9 Å². The molecule has 0 aliphatic carbocycles. The van der Waals surface area contributed by atoms with E-state index in [4.69, 9.17) is 0 Å². The number of aromatic nitrogens is 3. The summed E-state index contributed by atoms with van der Waals surface area (Å²) in [5.41, 5.74) is 0.0910. The van der Waals surface area contributed by atoms with Gasteiger partial charge in [0.1, 0.15) is 0 Å². The van der Waals surface area contributed by atoms with Gasteiger partial charge in [-0.3, -0.25) is 13.9 Å². The van der Waals surface area contributed by atoms with E-state index in [-0.39, 0.29) is 0 Å². The van der Waals surface area contributed by atoms with Crippen LogP contribution in [0.2, 0.25) is 0 Å². The van der Waals surface area contributed by atoms with Gasteiger partial charge in [-0.15, -0.1) is 0 Å². The van der Waals surface area contributed by atoms with Crippen LogP contribution in [0, 0.1) is 0 Å². The maximum Gasteiger partial charge on any atom is 0.331 e. The van der Waals surface area contributed by atoms with Gasteiger partial charge < -0.3 is 9.67 Å². The molecule has 0 saturated carbocycles. The Labute approximate surface area is 130 Å². The lowest BCUT2D eigenvalue weighted by Crippen LogP contribution is -2.36. The number of hydrogen-bond acceptors (Lipinski definition) is 3. The van der Waals surface area contributed by atoms with Crippen molar-refractivity contribution in [2.75, 3.05) is 0 Å². The van der Waals surface area contributed by atoms with E-state index in [0.29, 0.717) is 16.5 Å². The quantitative estimate of drug-likeness (QED) is 0.771. The molecule has 0 aliphatic heterocycles. The second kappa shape index (κ2) is 5.28. The summed E-state index contributed by atoms with van der Waals surface area (Å²) in [6, 6.07) is 7.75. The Balaban J connectivity index is 2.30. The molecule has 0 aliphatic rings. The first-order valence-corrected chi connectivity index (χ1v) is 6.96. The summed E-state index contributed by atoms with van der Waals surface area (Å²) in [5, 5.41) is 9.88. The standard InChI is InChI=1S/C16H15N3O4/c1-17-12-9-19(8-11(12)14(20)18(2)16(17)23)13(15(21)22)10-6-4-3-5-7-10/h3-9,13H,1-2H3,(H,21,22). The second-order valence-electron chi connectivity index (χ2n) is 5.36. The third-order valence-electron chi connectivity index (χ3n) is 3.94. The van der Waals surface area contributed by atoms with Crippen LogP contribution in [0.25, 0.3) is 10.9 Å². The van der Waals surface area contributed by atoms with Crippen molar-refractivity contribution in [2.45, 2.75) is 6.04 Å². The van der Waals surface area contributed by atoms with Gasteiger partial charge in [0.05, 0.1) is 10.9 Å². The number of carbonyl (C=O) groups is 1. The molecule has 1 atom stereocenters. The summed E-state index contributed by atoms with van der Waals surface area (Å²) in [6.07, 6.45) is 2.99. The lowest BCUT2D eigenvalue weighted by molar-refractivity contribution is -0.139. The third-order valence-corrected chi connectivity index (χ3v) is 3.94. The molecule has 0 spiro atoms. The minimum atomic E-state index is -1.04. The van der Waals surface area contributed by atoms with E-state index in [0.717, 1.165) is 4.57 Å². The molecule has 1 unspecified atom stereocenters. The summed E-state index contributed by atoms with van der Waals surface area (Å²) in [5.74, 6) is -1.04. The van der Waals surface area contributed by atoms with Crippen LogP contribution in [0.1, 0.15) is 11.6 Å². The Morgan fingerprint density at radius 2 is 1.70 bits per heavy atom. The van der Waals surface area contributed by atoms with Crippen LogP contribution in [-0.4, -0.2) is 24.8 Å². The number of aliphatic carboxylic acids is 1. The average Bonchev–Trinajstić information content (AvgIpc) is 2.96. The van der Waals surface area contributed by atoms with E-state index in [9.17, 15) is 19.5 Å². The van der Waals surface area contributed by atoms with E-state index in [1.54, 1.807) is 37.4 Å². The minimum absolute atomic E-state index is 0.303. The monoisotopic (exact) mass is 313 g/mol. The first-order chi connectivity index (χ1) is 10.9. The lowest BCUT2D eigenvalue weighted by atomic mass is 10.1. The van der Waals surface area contributed by atoms with E-state index in [1.807, 2.05) is 0 Å². The first-order valence-electron chi connectivity index (χ1n) is 6.96. The minimum Gasteiger partial charge on any atom is -0.479 e. The topological polar surface area (TPSA) is 86.2 Å². The van der Waals surface area contributed by atoms with Gasteiger partial charge in [0.2, 0.25) is 0 Å². The normalized spacial score (nSPS) is 12.4. The average molecular weight is 313 g/mol. The highest BCUT2D eigenvalue weighted by molar-refractivity contribution is 5.81. The summed E-state index contributed by atoms with van der Waals surface area (Å²) in [6.45, 7) is 0. The summed E-state index contributed by atoms with van der Waals surface area (Å²) in [7, 11) is 2.94. The van der Waals surface area contributed by atoms with E-state index < -0.39 is 23.3 Å². The predicted octanol–water partition coefficient (Wildman–Crippen LogP) is 0.713. The number of fused-ring (bicyclic) bond motifs is 1. The number of aryl methyl sites for hydroxylation is 1. The Morgan fingerprint density at radius 1 is 1.04 bits per heavy atom. The predicted molar refractivity (Wildman–Crippen MR) is 84.6 cm³/mol. The number of carboxylic acid groups (broad SMARTS) is 1. The molecule has 0 radical (unpaired) electrons. The van der Waals surface area contributed by atoms with Crippen LogP contribution < -0.4 is 11.2 Å². The van der Waals surface area contributed by atoms with Crippen molar-refractivity contribution < 1.29 is 9.90 Å². The molecule has 7 nitrogen and oxygen atoms in total. The molecule has 23 heavy (non-hydrogen) atoms. The van der Waals surface area contributed by atoms with Crippen LogP contribution in [0.15, 0.2) is 52.3 Å². The summed E-state index contributed by atoms with van der Waals surface area (Å²) in [4.78, 5) is 35.9. The van der Waals surface area contributed by atoms with Gasteiger partial charge in [0.25, 0.3) is 5.56 Å². The summed E-state index contributed by atoms with van der Waals surface area (Å²) < 4.78 is 3.78. The molecule has 0 fully saturated rings. The zero-order valence-electron chi connectivity index (χ0n) is 12.6. The van der Waals surface area contributed by atoms with Gasteiger partial charge in [0, 0.05) is 26.5 Å².